The first-order valence-corrected chi connectivity index (χ1v) is 7.36. The Bertz CT molecular complexity index is 381. The van der Waals surface area contributed by atoms with Crippen LogP contribution in [0.25, 0.3) is 0 Å². The molecule has 0 bridgehead atoms. The molecule has 1 aromatic rings. The Morgan fingerprint density at radius 1 is 1.21 bits per heavy atom. The molecule has 2 unspecified atom stereocenters. The number of esters is 1. The van der Waals surface area contributed by atoms with Crippen molar-refractivity contribution in [1.82, 2.24) is 0 Å². The zero-order valence-electron chi connectivity index (χ0n) is 12.6. The number of carbonyl (C=O) groups is 1. The number of carbonyl (C=O) groups excluding carboxylic acids is 1. The number of aryl methyl sites for hydroxylation is 1. The predicted octanol–water partition coefficient (Wildman–Crippen LogP) is 4.76. The second kappa shape index (κ2) is 7.98. The zero-order chi connectivity index (χ0) is 14.3. The lowest BCUT2D eigenvalue weighted by molar-refractivity contribution is 0.0175. The Balaban J connectivity index is 2.57. The fraction of sp³-hybridized carbons (Fsp3) is 0.588. The van der Waals surface area contributed by atoms with E-state index in [9.17, 15) is 4.79 Å². The standard InChI is InChI=1S/C17H26O2/c1-5-7-8-15(6-2)14(4)19-17(18)16-11-9-13(3)10-12-16/h9-12,14-15H,5-8H2,1-4H3. The molecule has 2 atom stereocenters. The summed E-state index contributed by atoms with van der Waals surface area (Å²) in [6.45, 7) is 8.37. The summed E-state index contributed by atoms with van der Waals surface area (Å²) in [4.78, 5) is 12.0. The van der Waals surface area contributed by atoms with Crippen LogP contribution in [-0.4, -0.2) is 12.1 Å². The van der Waals surface area contributed by atoms with Gasteiger partial charge >= 0.3 is 5.97 Å². The molecule has 0 aliphatic rings. The topological polar surface area (TPSA) is 26.3 Å². The molecule has 0 amide bonds. The number of unbranched alkanes of at least 4 members (excludes halogenated alkanes) is 1. The Labute approximate surface area is 117 Å². The fourth-order valence-corrected chi connectivity index (χ4v) is 2.26. The summed E-state index contributed by atoms with van der Waals surface area (Å²) in [5.74, 6) is 0.261. The van der Waals surface area contributed by atoms with Gasteiger partial charge in [-0.2, -0.15) is 0 Å². The maximum atomic E-state index is 12.0. The van der Waals surface area contributed by atoms with Crippen LogP contribution in [0.3, 0.4) is 0 Å². The molecule has 2 heteroatoms. The van der Waals surface area contributed by atoms with Gasteiger partial charge < -0.3 is 4.74 Å². The molecule has 0 spiro atoms. The molecule has 0 saturated heterocycles. The van der Waals surface area contributed by atoms with Gasteiger partial charge in [0.2, 0.25) is 0 Å². The highest BCUT2D eigenvalue weighted by Gasteiger charge is 2.19. The summed E-state index contributed by atoms with van der Waals surface area (Å²) in [7, 11) is 0. The molecule has 0 heterocycles. The number of ether oxygens (including phenoxy) is 1. The molecule has 106 valence electrons. The highest BCUT2D eigenvalue weighted by Crippen LogP contribution is 2.20. The lowest BCUT2D eigenvalue weighted by atomic mass is 9.94. The predicted molar refractivity (Wildman–Crippen MR) is 79.4 cm³/mol. The van der Waals surface area contributed by atoms with Crippen molar-refractivity contribution in [3.05, 3.63) is 35.4 Å². The zero-order valence-corrected chi connectivity index (χ0v) is 12.6. The summed E-state index contributed by atoms with van der Waals surface area (Å²) in [5, 5.41) is 0. The van der Waals surface area contributed by atoms with Gasteiger partial charge in [-0.05, 0) is 44.7 Å². The first-order chi connectivity index (χ1) is 9.08. The van der Waals surface area contributed by atoms with Crippen molar-refractivity contribution in [1.29, 1.82) is 0 Å². The molecule has 0 saturated carbocycles. The van der Waals surface area contributed by atoms with Crippen molar-refractivity contribution < 1.29 is 9.53 Å². The second-order valence-corrected chi connectivity index (χ2v) is 5.29. The number of benzene rings is 1. The van der Waals surface area contributed by atoms with Gasteiger partial charge in [0, 0.05) is 0 Å². The van der Waals surface area contributed by atoms with Crippen molar-refractivity contribution in [2.45, 2.75) is 59.5 Å². The van der Waals surface area contributed by atoms with Crippen LogP contribution in [0.15, 0.2) is 24.3 Å². The van der Waals surface area contributed by atoms with E-state index in [4.69, 9.17) is 4.74 Å². The molecular formula is C17H26O2. The second-order valence-electron chi connectivity index (χ2n) is 5.29. The lowest BCUT2D eigenvalue weighted by Gasteiger charge is -2.22. The minimum absolute atomic E-state index is 0.00893. The average Bonchev–Trinajstić information content (AvgIpc) is 2.40. The molecule has 0 N–H and O–H groups in total. The fourth-order valence-electron chi connectivity index (χ4n) is 2.26. The summed E-state index contributed by atoms with van der Waals surface area (Å²) < 4.78 is 5.59. The minimum atomic E-state index is -0.206. The quantitative estimate of drug-likeness (QED) is 0.662. The van der Waals surface area contributed by atoms with E-state index in [1.165, 1.54) is 12.8 Å². The van der Waals surface area contributed by atoms with Crippen molar-refractivity contribution in [2.24, 2.45) is 5.92 Å². The minimum Gasteiger partial charge on any atom is -0.459 e. The molecule has 0 fully saturated rings. The number of hydrogen-bond acceptors (Lipinski definition) is 2. The average molecular weight is 262 g/mol. The van der Waals surface area contributed by atoms with Crippen LogP contribution < -0.4 is 0 Å². The largest absolute Gasteiger partial charge is 0.459 e. The van der Waals surface area contributed by atoms with Gasteiger partial charge in [-0.3, -0.25) is 0 Å². The molecule has 1 rings (SSSR count). The molecule has 0 aromatic heterocycles. The molecule has 0 aliphatic heterocycles. The van der Waals surface area contributed by atoms with Gasteiger partial charge in [0.25, 0.3) is 0 Å². The molecule has 0 aliphatic carbocycles. The van der Waals surface area contributed by atoms with E-state index in [0.717, 1.165) is 18.4 Å². The third-order valence-corrected chi connectivity index (χ3v) is 3.70. The van der Waals surface area contributed by atoms with Crippen LogP contribution in [0.1, 0.15) is 62.4 Å². The normalized spacial score (nSPS) is 13.9. The van der Waals surface area contributed by atoms with Gasteiger partial charge in [-0.15, -0.1) is 0 Å². The van der Waals surface area contributed by atoms with Gasteiger partial charge in [-0.1, -0.05) is 44.4 Å². The maximum absolute atomic E-state index is 12.0. The maximum Gasteiger partial charge on any atom is 0.338 e. The Morgan fingerprint density at radius 2 is 1.84 bits per heavy atom. The van der Waals surface area contributed by atoms with Crippen LogP contribution in [-0.2, 0) is 4.74 Å². The van der Waals surface area contributed by atoms with E-state index in [0.29, 0.717) is 11.5 Å². The van der Waals surface area contributed by atoms with Crippen LogP contribution in [0.4, 0.5) is 0 Å². The van der Waals surface area contributed by atoms with Crippen molar-refractivity contribution >= 4 is 5.97 Å². The highest BCUT2D eigenvalue weighted by molar-refractivity contribution is 5.89. The van der Waals surface area contributed by atoms with E-state index in [2.05, 4.69) is 13.8 Å². The molecule has 0 radical (unpaired) electrons. The van der Waals surface area contributed by atoms with E-state index < -0.39 is 0 Å². The van der Waals surface area contributed by atoms with Crippen LogP contribution in [0, 0.1) is 12.8 Å². The molecular weight excluding hydrogens is 236 g/mol. The third-order valence-electron chi connectivity index (χ3n) is 3.70. The molecule has 1 aromatic carbocycles. The van der Waals surface area contributed by atoms with Crippen LogP contribution >= 0.6 is 0 Å². The Kier molecular flexibility index (Phi) is 6.61. The number of rotatable bonds is 7. The lowest BCUT2D eigenvalue weighted by Crippen LogP contribution is -2.23. The van der Waals surface area contributed by atoms with Crippen molar-refractivity contribution in [3.8, 4) is 0 Å². The summed E-state index contributed by atoms with van der Waals surface area (Å²) >= 11 is 0. The SMILES string of the molecule is CCCCC(CC)C(C)OC(=O)c1ccc(C)cc1. The molecule has 19 heavy (non-hydrogen) atoms. The van der Waals surface area contributed by atoms with E-state index in [1.807, 2.05) is 38.1 Å². The van der Waals surface area contributed by atoms with E-state index >= 15 is 0 Å². The Hall–Kier alpha value is -1.31. The monoisotopic (exact) mass is 262 g/mol. The Morgan fingerprint density at radius 3 is 2.37 bits per heavy atom. The number of hydrogen-bond donors (Lipinski definition) is 0. The first-order valence-electron chi connectivity index (χ1n) is 7.36. The van der Waals surface area contributed by atoms with Crippen LogP contribution in [0.5, 0.6) is 0 Å². The smallest absolute Gasteiger partial charge is 0.338 e. The van der Waals surface area contributed by atoms with Gasteiger partial charge in [-0.25, -0.2) is 4.79 Å². The summed E-state index contributed by atoms with van der Waals surface area (Å²) in [6.07, 6.45) is 4.57. The third kappa shape index (κ3) is 5.06. The first kappa shape index (κ1) is 15.7. The van der Waals surface area contributed by atoms with Gasteiger partial charge in [0.1, 0.15) is 6.10 Å². The highest BCUT2D eigenvalue weighted by atomic mass is 16.5. The van der Waals surface area contributed by atoms with Gasteiger partial charge in [0.05, 0.1) is 5.56 Å². The van der Waals surface area contributed by atoms with Crippen molar-refractivity contribution in [3.63, 3.8) is 0 Å². The van der Waals surface area contributed by atoms with Gasteiger partial charge in [0.15, 0.2) is 0 Å². The van der Waals surface area contributed by atoms with E-state index in [1.54, 1.807) is 0 Å². The van der Waals surface area contributed by atoms with E-state index in [-0.39, 0.29) is 12.1 Å². The van der Waals surface area contributed by atoms with Crippen LogP contribution in [0.2, 0.25) is 0 Å². The summed E-state index contributed by atoms with van der Waals surface area (Å²) in [6, 6.07) is 7.54. The molecule has 2 nitrogen and oxygen atoms in total. The van der Waals surface area contributed by atoms with Crippen molar-refractivity contribution in [2.75, 3.05) is 0 Å². The summed E-state index contributed by atoms with van der Waals surface area (Å²) in [5.41, 5.74) is 1.79.